The molecule has 3 saturated carbocycles. The summed E-state index contributed by atoms with van der Waals surface area (Å²) in [5.41, 5.74) is 5.84. The zero-order valence-electron chi connectivity index (χ0n) is 33.7. The molecule has 56 heavy (non-hydrogen) atoms. The standard InChI is InChI=1S/C44H51N3O9/c1-22(2)11-10-15-42(8)19-25-17-30(48)53-38-31(25)36(54-42)26(13-12-23(3)4)37-32(38)35(49)33-34(47-20-29(45)46-21-47)27-18-28-41(6,7)56-43(39(27)50,44(28,33)55-37)16-14-24(5)40(51)52-9/h11-12,14,19-21,27-28,33-34H,10,13,15-18,45H2,1-9H3/b24-14-. The van der Waals surface area contributed by atoms with Crippen LogP contribution in [-0.4, -0.2) is 62.6 Å². The molecule has 4 bridgehead atoms. The summed E-state index contributed by atoms with van der Waals surface area (Å²) in [5.74, 6) is -2.63. The van der Waals surface area contributed by atoms with Crippen molar-refractivity contribution in [2.75, 3.05) is 12.8 Å². The molecule has 296 valence electrons. The van der Waals surface area contributed by atoms with Crippen LogP contribution < -0.4 is 19.9 Å². The van der Waals surface area contributed by atoms with Crippen LogP contribution in [0.4, 0.5) is 5.82 Å². The van der Waals surface area contributed by atoms with Gasteiger partial charge in [-0.1, -0.05) is 29.4 Å². The number of Topliss-reactive ketones (excluding diaryl/α,β-unsaturated/α-hetero) is 2. The van der Waals surface area contributed by atoms with Crippen molar-refractivity contribution in [1.82, 2.24) is 9.55 Å². The molecule has 1 aromatic carbocycles. The highest BCUT2D eigenvalue weighted by molar-refractivity contribution is 6.12. The third-order valence-corrected chi connectivity index (χ3v) is 12.9. The number of anilines is 1. The van der Waals surface area contributed by atoms with Crippen molar-refractivity contribution >= 4 is 34.9 Å². The molecule has 1 aromatic heterocycles. The first-order valence-corrected chi connectivity index (χ1v) is 19.5. The highest BCUT2D eigenvalue weighted by Gasteiger charge is 2.85. The summed E-state index contributed by atoms with van der Waals surface area (Å²) in [7, 11) is 1.30. The molecule has 5 heterocycles. The molecule has 7 atom stereocenters. The van der Waals surface area contributed by atoms with Crippen molar-refractivity contribution in [3.63, 3.8) is 0 Å². The fraction of sp³-hybridized carbons (Fsp3) is 0.523. The molecule has 7 aliphatic rings. The molecule has 0 amide bonds. The number of hydrogen-bond acceptors (Lipinski definition) is 11. The minimum absolute atomic E-state index is 0.0253. The maximum absolute atomic E-state index is 15.9. The molecule has 1 spiro atoms. The van der Waals surface area contributed by atoms with Crippen LogP contribution in [0.5, 0.6) is 17.2 Å². The predicted molar refractivity (Wildman–Crippen MR) is 207 cm³/mol. The summed E-state index contributed by atoms with van der Waals surface area (Å²) < 4.78 is 34.5. The van der Waals surface area contributed by atoms with Crippen molar-refractivity contribution in [1.29, 1.82) is 0 Å². The molecule has 7 unspecified atom stereocenters. The quantitative estimate of drug-likeness (QED) is 0.121. The Morgan fingerprint density at radius 1 is 1.00 bits per heavy atom. The number of esters is 2. The number of methoxy groups -OCH3 is 1. The van der Waals surface area contributed by atoms with Gasteiger partial charge in [0.05, 0.1) is 43.0 Å². The van der Waals surface area contributed by atoms with E-state index in [4.69, 9.17) is 29.4 Å². The van der Waals surface area contributed by atoms with Crippen molar-refractivity contribution in [2.24, 2.45) is 17.8 Å². The lowest BCUT2D eigenvalue weighted by atomic mass is 9.45. The number of fused-ring (bicyclic) bond motifs is 2. The van der Waals surface area contributed by atoms with Gasteiger partial charge in [-0.3, -0.25) is 14.4 Å². The predicted octanol–water partition coefficient (Wildman–Crippen LogP) is 7.01. The van der Waals surface area contributed by atoms with Crippen LogP contribution in [0, 0.1) is 17.8 Å². The van der Waals surface area contributed by atoms with Gasteiger partial charge in [0, 0.05) is 35.6 Å². The molecule has 12 nitrogen and oxygen atoms in total. The molecule has 2 N–H and O–H groups in total. The Morgan fingerprint density at radius 3 is 2.38 bits per heavy atom. The number of nitrogens with two attached hydrogens (primary N) is 1. The molecule has 9 rings (SSSR count). The SMILES string of the molecule is COC(=O)/C(C)=C\CC12OC(C)(C)C3CC(C1=O)C(n1cnc(N)c1)C1C(=O)c4c(c(CC=C(C)C)c5c6c4OC(=O)CC6=CC(C)(CCC=C(C)C)O5)OC132. The minimum atomic E-state index is -1.68. The van der Waals surface area contributed by atoms with Crippen molar-refractivity contribution in [3.8, 4) is 17.2 Å². The number of benzene rings is 1. The number of ether oxygens (including phenoxy) is 5. The van der Waals surface area contributed by atoms with E-state index in [1.54, 1.807) is 30.1 Å². The normalized spacial score (nSPS) is 31.6. The summed E-state index contributed by atoms with van der Waals surface area (Å²) in [6.45, 7) is 15.6. The lowest BCUT2D eigenvalue weighted by Gasteiger charge is -2.63. The Bertz CT molecular complexity index is 2230. The van der Waals surface area contributed by atoms with Gasteiger partial charge in [-0.25, -0.2) is 9.78 Å². The van der Waals surface area contributed by atoms with Crippen LogP contribution in [0.1, 0.15) is 115 Å². The molecule has 4 fully saturated rings. The maximum atomic E-state index is 15.9. The van der Waals surface area contributed by atoms with Crippen LogP contribution in [0.2, 0.25) is 0 Å². The number of carbonyl (C=O) groups is 4. The zero-order valence-corrected chi connectivity index (χ0v) is 33.7. The molecule has 1 saturated heterocycles. The number of nitrogens with zero attached hydrogens (tertiary/aromatic N) is 2. The van der Waals surface area contributed by atoms with Crippen LogP contribution >= 0.6 is 0 Å². The number of imidazole rings is 1. The van der Waals surface area contributed by atoms with E-state index >= 15 is 9.59 Å². The molecular weight excluding hydrogens is 714 g/mol. The van der Waals surface area contributed by atoms with Crippen LogP contribution in [-0.2, 0) is 30.3 Å². The van der Waals surface area contributed by atoms with Gasteiger partial charge in [0.2, 0.25) is 0 Å². The van der Waals surface area contributed by atoms with E-state index in [1.165, 1.54) is 12.7 Å². The molecule has 3 aliphatic carbocycles. The largest absolute Gasteiger partial charge is 0.482 e. The van der Waals surface area contributed by atoms with Crippen LogP contribution in [0.3, 0.4) is 0 Å². The summed E-state index contributed by atoms with van der Waals surface area (Å²) in [5, 5.41) is 0. The minimum Gasteiger partial charge on any atom is -0.482 e. The van der Waals surface area contributed by atoms with Crippen LogP contribution in [0.25, 0.3) is 5.57 Å². The van der Waals surface area contributed by atoms with E-state index < -0.39 is 58.1 Å². The summed E-state index contributed by atoms with van der Waals surface area (Å²) in [4.78, 5) is 61.8. The average Bonchev–Trinajstić information content (AvgIpc) is 3.61. The van der Waals surface area contributed by atoms with E-state index in [2.05, 4.69) is 31.0 Å². The van der Waals surface area contributed by atoms with Gasteiger partial charge in [0.1, 0.15) is 28.5 Å². The van der Waals surface area contributed by atoms with Gasteiger partial charge in [0.25, 0.3) is 0 Å². The van der Waals surface area contributed by atoms with Crippen molar-refractivity contribution in [3.05, 3.63) is 70.2 Å². The summed E-state index contributed by atoms with van der Waals surface area (Å²) in [6, 6.07) is -0.742. The first-order valence-electron chi connectivity index (χ1n) is 19.5. The van der Waals surface area contributed by atoms with Crippen LogP contribution in [0.15, 0.2) is 53.5 Å². The highest BCUT2D eigenvalue weighted by Crippen LogP contribution is 2.73. The van der Waals surface area contributed by atoms with Crippen molar-refractivity contribution < 1.29 is 42.9 Å². The molecule has 4 aliphatic heterocycles. The monoisotopic (exact) mass is 765 g/mol. The first kappa shape index (κ1) is 37.9. The molecule has 2 aromatic rings. The van der Waals surface area contributed by atoms with Gasteiger partial charge in [0.15, 0.2) is 28.5 Å². The summed E-state index contributed by atoms with van der Waals surface area (Å²) >= 11 is 0. The molecular formula is C44H51N3O9. The highest BCUT2D eigenvalue weighted by atomic mass is 16.6. The third kappa shape index (κ3) is 5.30. The van der Waals surface area contributed by atoms with E-state index in [0.29, 0.717) is 41.7 Å². The van der Waals surface area contributed by atoms with E-state index in [0.717, 1.165) is 17.6 Å². The number of nitrogen functional groups attached to an aromatic ring is 1. The maximum Gasteiger partial charge on any atom is 0.333 e. The first-order chi connectivity index (χ1) is 26.4. The third-order valence-electron chi connectivity index (χ3n) is 12.9. The smallest absolute Gasteiger partial charge is 0.333 e. The topological polar surface area (TPSA) is 158 Å². The fourth-order valence-corrected chi connectivity index (χ4v) is 10.6. The van der Waals surface area contributed by atoms with Gasteiger partial charge < -0.3 is 34.0 Å². The van der Waals surface area contributed by atoms with Crippen molar-refractivity contribution in [2.45, 2.75) is 122 Å². The second-order valence-electron chi connectivity index (χ2n) is 17.6. The van der Waals surface area contributed by atoms with E-state index in [-0.39, 0.29) is 47.3 Å². The number of ketones is 2. The van der Waals surface area contributed by atoms with Gasteiger partial charge >= 0.3 is 11.9 Å². The van der Waals surface area contributed by atoms with Gasteiger partial charge in [-0.15, -0.1) is 0 Å². The number of hydrogen-bond donors (Lipinski definition) is 1. The Morgan fingerprint density at radius 2 is 1.71 bits per heavy atom. The van der Waals surface area contributed by atoms with E-state index in [1.807, 2.05) is 40.7 Å². The number of carbonyl (C=O) groups excluding carboxylic acids is 4. The summed E-state index contributed by atoms with van der Waals surface area (Å²) in [6.07, 6.45) is 13.2. The Hall–Kier alpha value is -4.97. The second kappa shape index (κ2) is 12.8. The van der Waals surface area contributed by atoms with Gasteiger partial charge in [-0.05, 0) is 92.7 Å². The number of allylic oxidation sites excluding steroid dienone is 4. The van der Waals surface area contributed by atoms with Gasteiger partial charge in [-0.2, -0.15) is 0 Å². The fourth-order valence-electron chi connectivity index (χ4n) is 10.6. The zero-order chi connectivity index (χ0) is 40.3. The number of rotatable bonds is 9. The van der Waals surface area contributed by atoms with E-state index in [9.17, 15) is 9.59 Å². The Kier molecular flexibility index (Phi) is 8.65. The lowest BCUT2D eigenvalue weighted by Crippen LogP contribution is -2.78. The average molecular weight is 766 g/mol. The molecule has 12 heteroatoms. The Labute approximate surface area is 327 Å². The number of aromatic nitrogens is 2. The molecule has 0 radical (unpaired) electrons. The second-order valence-corrected chi connectivity index (χ2v) is 17.6. The Balaban J connectivity index is 1.43. The lowest BCUT2D eigenvalue weighted by molar-refractivity contribution is -0.208.